The molecule has 0 unspecified atom stereocenters. The van der Waals surface area contributed by atoms with Crippen LogP contribution in [0.15, 0.2) is 29.2 Å². The molecule has 0 aliphatic heterocycles. The van der Waals surface area contributed by atoms with Crippen molar-refractivity contribution in [3.05, 3.63) is 36.3 Å². The zero-order valence-electron chi connectivity index (χ0n) is 9.07. The van der Waals surface area contributed by atoms with Crippen LogP contribution in [-0.2, 0) is 6.54 Å². The third-order valence-corrected chi connectivity index (χ3v) is 2.82. The molecule has 0 fully saturated rings. The number of furan rings is 1. The number of hydrogen-bond donors (Lipinski definition) is 2. The van der Waals surface area contributed by atoms with Gasteiger partial charge in [-0.05, 0) is 12.1 Å². The molecule has 0 aliphatic carbocycles. The van der Waals surface area contributed by atoms with E-state index < -0.39 is 0 Å². The highest BCUT2D eigenvalue weighted by Gasteiger charge is 2.09. The van der Waals surface area contributed by atoms with E-state index in [-0.39, 0.29) is 5.91 Å². The average Bonchev–Trinajstić information content (AvgIpc) is 2.77. The Morgan fingerprint density at radius 2 is 2.44 bits per heavy atom. The molecule has 0 aromatic carbocycles. The molecular weight excluding hydrogens is 224 g/mol. The normalized spacial score (nSPS) is 10.1. The second kappa shape index (κ2) is 7.14. The van der Waals surface area contributed by atoms with Gasteiger partial charge in [0.25, 0.3) is 5.91 Å². The molecule has 0 saturated heterocycles. The Morgan fingerprint density at radius 3 is 3.06 bits per heavy atom. The van der Waals surface area contributed by atoms with Crippen LogP contribution in [-0.4, -0.2) is 24.0 Å². The van der Waals surface area contributed by atoms with Crippen molar-refractivity contribution in [2.24, 2.45) is 5.73 Å². The third-order valence-electron chi connectivity index (χ3n) is 1.85. The lowest BCUT2D eigenvalue weighted by Crippen LogP contribution is -2.25. The van der Waals surface area contributed by atoms with Crippen LogP contribution in [0.25, 0.3) is 0 Å². The lowest BCUT2D eigenvalue weighted by molar-refractivity contribution is 0.0927. The fourth-order valence-corrected chi connectivity index (χ4v) is 1.68. The van der Waals surface area contributed by atoms with E-state index in [2.05, 4.69) is 11.9 Å². The topological polar surface area (TPSA) is 68.3 Å². The van der Waals surface area contributed by atoms with Crippen LogP contribution in [0.1, 0.15) is 16.3 Å². The molecule has 0 aliphatic rings. The summed E-state index contributed by atoms with van der Waals surface area (Å²) in [4.78, 5) is 11.5. The SMILES string of the molecule is C=CCSCCNC(=O)c1ccc(CN)o1. The molecule has 1 heterocycles. The van der Waals surface area contributed by atoms with Gasteiger partial charge in [-0.2, -0.15) is 11.8 Å². The van der Waals surface area contributed by atoms with Crippen molar-refractivity contribution in [3.63, 3.8) is 0 Å². The summed E-state index contributed by atoms with van der Waals surface area (Å²) in [5, 5.41) is 2.77. The van der Waals surface area contributed by atoms with Gasteiger partial charge in [-0.25, -0.2) is 0 Å². The molecule has 0 radical (unpaired) electrons. The van der Waals surface area contributed by atoms with Gasteiger partial charge in [0, 0.05) is 18.1 Å². The highest BCUT2D eigenvalue weighted by molar-refractivity contribution is 7.99. The molecule has 5 heteroatoms. The van der Waals surface area contributed by atoms with E-state index in [9.17, 15) is 4.79 Å². The molecule has 3 N–H and O–H groups in total. The number of nitrogens with two attached hydrogens (primary N) is 1. The van der Waals surface area contributed by atoms with Gasteiger partial charge in [-0.3, -0.25) is 4.79 Å². The molecule has 0 bridgehead atoms. The van der Waals surface area contributed by atoms with E-state index in [0.29, 0.717) is 24.6 Å². The van der Waals surface area contributed by atoms with Gasteiger partial charge >= 0.3 is 0 Å². The van der Waals surface area contributed by atoms with Crippen molar-refractivity contribution >= 4 is 17.7 Å². The number of carbonyl (C=O) groups is 1. The van der Waals surface area contributed by atoms with Crippen molar-refractivity contribution in [2.75, 3.05) is 18.1 Å². The predicted octanol–water partition coefficient (Wildman–Crippen LogP) is 1.39. The van der Waals surface area contributed by atoms with Crippen LogP contribution in [0.4, 0.5) is 0 Å². The molecule has 0 atom stereocenters. The number of amides is 1. The third kappa shape index (κ3) is 4.12. The van der Waals surface area contributed by atoms with E-state index in [1.54, 1.807) is 23.9 Å². The maximum Gasteiger partial charge on any atom is 0.287 e. The summed E-state index contributed by atoms with van der Waals surface area (Å²) in [6.07, 6.45) is 1.84. The van der Waals surface area contributed by atoms with Gasteiger partial charge in [-0.1, -0.05) is 6.08 Å². The molecule has 0 spiro atoms. The Balaban J connectivity index is 2.26. The maximum absolute atomic E-state index is 11.5. The first-order valence-corrected chi connectivity index (χ1v) is 6.19. The van der Waals surface area contributed by atoms with Crippen LogP contribution in [0.3, 0.4) is 0 Å². The first-order valence-electron chi connectivity index (χ1n) is 5.03. The first kappa shape index (κ1) is 12.9. The summed E-state index contributed by atoms with van der Waals surface area (Å²) in [7, 11) is 0. The van der Waals surface area contributed by atoms with Crippen molar-refractivity contribution in [1.29, 1.82) is 0 Å². The fraction of sp³-hybridized carbons (Fsp3) is 0.364. The van der Waals surface area contributed by atoms with Gasteiger partial charge in [0.1, 0.15) is 5.76 Å². The monoisotopic (exact) mass is 240 g/mol. The van der Waals surface area contributed by atoms with Gasteiger partial charge in [0.2, 0.25) is 0 Å². The van der Waals surface area contributed by atoms with E-state index in [4.69, 9.17) is 10.2 Å². The van der Waals surface area contributed by atoms with Crippen LogP contribution in [0.5, 0.6) is 0 Å². The second-order valence-electron chi connectivity index (χ2n) is 3.09. The summed E-state index contributed by atoms with van der Waals surface area (Å²) in [6.45, 7) is 4.55. The molecule has 1 aromatic heterocycles. The fourth-order valence-electron chi connectivity index (χ4n) is 1.10. The molecule has 88 valence electrons. The first-order chi connectivity index (χ1) is 7.77. The highest BCUT2D eigenvalue weighted by Crippen LogP contribution is 2.06. The summed E-state index contributed by atoms with van der Waals surface area (Å²) in [5.41, 5.74) is 5.38. The van der Waals surface area contributed by atoms with E-state index in [0.717, 1.165) is 11.5 Å². The van der Waals surface area contributed by atoms with Crippen molar-refractivity contribution in [2.45, 2.75) is 6.54 Å². The number of rotatable bonds is 7. The van der Waals surface area contributed by atoms with E-state index in [1.807, 2.05) is 6.08 Å². The predicted molar refractivity (Wildman–Crippen MR) is 66.5 cm³/mol. The lowest BCUT2D eigenvalue weighted by Gasteiger charge is -2.01. The number of thioether (sulfide) groups is 1. The summed E-state index contributed by atoms with van der Waals surface area (Å²) in [5.74, 6) is 2.50. The molecular formula is C11H16N2O2S. The summed E-state index contributed by atoms with van der Waals surface area (Å²) >= 11 is 1.72. The minimum atomic E-state index is -0.195. The smallest absolute Gasteiger partial charge is 0.287 e. The molecule has 16 heavy (non-hydrogen) atoms. The number of nitrogens with one attached hydrogen (secondary N) is 1. The molecule has 1 amide bonds. The van der Waals surface area contributed by atoms with Crippen LogP contribution >= 0.6 is 11.8 Å². The van der Waals surface area contributed by atoms with Gasteiger partial charge in [0.05, 0.1) is 6.54 Å². The van der Waals surface area contributed by atoms with Crippen LogP contribution in [0.2, 0.25) is 0 Å². The molecule has 0 saturated carbocycles. The standard InChI is InChI=1S/C11H16N2O2S/c1-2-6-16-7-5-13-11(14)10-4-3-9(8-12)15-10/h2-4H,1,5-8,12H2,(H,13,14). The van der Waals surface area contributed by atoms with Crippen LogP contribution < -0.4 is 11.1 Å². The Kier molecular flexibility index (Phi) is 5.74. The average molecular weight is 240 g/mol. The largest absolute Gasteiger partial charge is 0.455 e. The second-order valence-corrected chi connectivity index (χ2v) is 4.24. The quantitative estimate of drug-likeness (QED) is 0.558. The number of hydrogen-bond acceptors (Lipinski definition) is 4. The lowest BCUT2D eigenvalue weighted by atomic mass is 10.4. The van der Waals surface area contributed by atoms with Crippen LogP contribution in [0, 0.1) is 0 Å². The van der Waals surface area contributed by atoms with Gasteiger partial charge in [0.15, 0.2) is 5.76 Å². The Morgan fingerprint density at radius 1 is 1.62 bits per heavy atom. The van der Waals surface area contributed by atoms with Crippen molar-refractivity contribution < 1.29 is 9.21 Å². The maximum atomic E-state index is 11.5. The van der Waals surface area contributed by atoms with E-state index in [1.165, 1.54) is 0 Å². The van der Waals surface area contributed by atoms with Gasteiger partial charge < -0.3 is 15.5 Å². The Labute approximate surface area is 99.3 Å². The minimum absolute atomic E-state index is 0.195. The zero-order valence-corrected chi connectivity index (χ0v) is 9.89. The molecule has 1 aromatic rings. The Bertz CT molecular complexity index is 350. The Hall–Kier alpha value is -1.20. The summed E-state index contributed by atoms with van der Waals surface area (Å²) < 4.78 is 5.21. The minimum Gasteiger partial charge on any atom is -0.455 e. The molecule has 1 rings (SSSR count). The summed E-state index contributed by atoms with van der Waals surface area (Å²) in [6, 6.07) is 3.34. The van der Waals surface area contributed by atoms with Crippen molar-refractivity contribution in [1.82, 2.24) is 5.32 Å². The molecule has 4 nitrogen and oxygen atoms in total. The number of carbonyl (C=O) groups excluding carboxylic acids is 1. The zero-order chi connectivity index (χ0) is 11.8. The van der Waals surface area contributed by atoms with Crippen molar-refractivity contribution in [3.8, 4) is 0 Å². The highest BCUT2D eigenvalue weighted by atomic mass is 32.2. The van der Waals surface area contributed by atoms with Gasteiger partial charge in [-0.15, -0.1) is 6.58 Å². The van der Waals surface area contributed by atoms with E-state index >= 15 is 0 Å².